The summed E-state index contributed by atoms with van der Waals surface area (Å²) in [6, 6.07) is 5.56. The van der Waals surface area contributed by atoms with Gasteiger partial charge in [0, 0.05) is 10.7 Å². The molecule has 2 N–H and O–H groups in total. The first kappa shape index (κ1) is 13.4. The zero-order chi connectivity index (χ0) is 13.0. The molecule has 1 aliphatic heterocycles. The molecule has 0 atom stereocenters. The van der Waals surface area contributed by atoms with Crippen molar-refractivity contribution in [1.29, 1.82) is 0 Å². The lowest BCUT2D eigenvalue weighted by Gasteiger charge is -2.23. The van der Waals surface area contributed by atoms with Gasteiger partial charge < -0.3 is 10.2 Å². The Balaban J connectivity index is 1.92. The molecule has 4 heteroatoms. The first-order valence-corrected chi connectivity index (χ1v) is 6.92. The number of rotatable bonds is 3. The van der Waals surface area contributed by atoms with Crippen LogP contribution in [0.4, 0.5) is 5.69 Å². The molecule has 0 spiro atoms. The van der Waals surface area contributed by atoms with Crippen LogP contribution in [0.3, 0.4) is 0 Å². The van der Waals surface area contributed by atoms with Crippen LogP contribution in [0.25, 0.3) is 0 Å². The molecule has 98 valence electrons. The fraction of sp³-hybridized carbons (Fsp3) is 0.500. The fourth-order valence-electron chi connectivity index (χ4n) is 2.38. The summed E-state index contributed by atoms with van der Waals surface area (Å²) < 4.78 is 0. The molecule has 0 radical (unpaired) electrons. The molecule has 0 aromatic heterocycles. The Labute approximate surface area is 113 Å². The van der Waals surface area contributed by atoms with Crippen LogP contribution in [0, 0.1) is 6.92 Å². The third kappa shape index (κ3) is 3.72. The Morgan fingerprint density at radius 2 is 2.06 bits per heavy atom. The highest BCUT2D eigenvalue weighted by Crippen LogP contribution is 2.19. The maximum atomic E-state index is 12.0. The second kappa shape index (κ2) is 6.21. The Kier molecular flexibility index (Phi) is 4.61. The molecule has 3 nitrogen and oxygen atoms in total. The lowest BCUT2D eigenvalue weighted by molar-refractivity contribution is -0.896. The third-order valence-electron chi connectivity index (χ3n) is 3.44. The Morgan fingerprint density at radius 1 is 1.33 bits per heavy atom. The second-order valence-electron chi connectivity index (χ2n) is 4.99. The molecule has 1 aliphatic rings. The number of benzene rings is 1. The summed E-state index contributed by atoms with van der Waals surface area (Å²) in [6.45, 7) is 4.76. The van der Waals surface area contributed by atoms with Gasteiger partial charge in [0.1, 0.15) is 0 Å². The van der Waals surface area contributed by atoms with E-state index in [1.165, 1.54) is 24.2 Å². The van der Waals surface area contributed by atoms with Gasteiger partial charge in [0.15, 0.2) is 6.54 Å². The topological polar surface area (TPSA) is 33.5 Å². The first-order valence-electron chi connectivity index (χ1n) is 6.55. The lowest BCUT2D eigenvalue weighted by Crippen LogP contribution is -3.13. The number of amides is 1. The average molecular weight is 268 g/mol. The SMILES string of the molecule is Cc1ccc(Cl)cc1NC(=O)C[NH+]1CCCCC1. The molecule has 0 bridgehead atoms. The van der Waals surface area contributed by atoms with E-state index in [2.05, 4.69) is 5.32 Å². The predicted octanol–water partition coefficient (Wildman–Crippen LogP) is 1.66. The minimum atomic E-state index is 0.0808. The smallest absolute Gasteiger partial charge is 0.279 e. The van der Waals surface area contributed by atoms with Crippen LogP contribution >= 0.6 is 11.6 Å². The van der Waals surface area contributed by atoms with Crippen molar-refractivity contribution in [3.8, 4) is 0 Å². The molecular weight excluding hydrogens is 248 g/mol. The van der Waals surface area contributed by atoms with E-state index in [1.54, 1.807) is 6.07 Å². The summed E-state index contributed by atoms with van der Waals surface area (Å²) in [5, 5.41) is 3.61. The number of hydrogen-bond acceptors (Lipinski definition) is 1. The predicted molar refractivity (Wildman–Crippen MR) is 74.2 cm³/mol. The molecule has 1 amide bonds. The second-order valence-corrected chi connectivity index (χ2v) is 5.43. The Morgan fingerprint density at radius 3 is 2.78 bits per heavy atom. The Hall–Kier alpha value is -1.06. The van der Waals surface area contributed by atoms with Crippen molar-refractivity contribution in [2.24, 2.45) is 0 Å². The number of carbonyl (C=O) groups is 1. The molecule has 1 saturated heterocycles. The van der Waals surface area contributed by atoms with Crippen LogP contribution in [-0.2, 0) is 4.79 Å². The average Bonchev–Trinajstić information content (AvgIpc) is 2.35. The van der Waals surface area contributed by atoms with Crippen LogP contribution in [0.15, 0.2) is 18.2 Å². The van der Waals surface area contributed by atoms with E-state index < -0.39 is 0 Å². The number of aryl methyl sites for hydroxylation is 1. The van der Waals surface area contributed by atoms with Gasteiger partial charge in [-0.15, -0.1) is 0 Å². The molecule has 1 aromatic rings. The van der Waals surface area contributed by atoms with E-state index in [4.69, 9.17) is 11.6 Å². The summed E-state index contributed by atoms with van der Waals surface area (Å²) in [4.78, 5) is 13.4. The van der Waals surface area contributed by atoms with Crippen LogP contribution < -0.4 is 10.2 Å². The van der Waals surface area contributed by atoms with Gasteiger partial charge in [-0.2, -0.15) is 0 Å². The van der Waals surface area contributed by atoms with Crippen molar-refractivity contribution >= 4 is 23.2 Å². The quantitative estimate of drug-likeness (QED) is 0.858. The number of likely N-dealkylation sites (tertiary alicyclic amines) is 1. The number of nitrogens with one attached hydrogen (secondary N) is 2. The van der Waals surface area contributed by atoms with E-state index in [0.29, 0.717) is 11.6 Å². The third-order valence-corrected chi connectivity index (χ3v) is 3.68. The maximum Gasteiger partial charge on any atom is 0.279 e. The molecule has 18 heavy (non-hydrogen) atoms. The standard InChI is InChI=1S/C14H19ClN2O/c1-11-5-6-12(15)9-13(11)16-14(18)10-17-7-3-2-4-8-17/h5-6,9H,2-4,7-8,10H2,1H3,(H,16,18)/p+1. The van der Waals surface area contributed by atoms with Gasteiger partial charge in [0.25, 0.3) is 5.91 Å². The van der Waals surface area contributed by atoms with Crippen molar-refractivity contribution in [3.05, 3.63) is 28.8 Å². The summed E-state index contributed by atoms with van der Waals surface area (Å²) >= 11 is 5.94. The summed E-state index contributed by atoms with van der Waals surface area (Å²) in [6.07, 6.45) is 3.77. The zero-order valence-corrected chi connectivity index (χ0v) is 11.5. The zero-order valence-electron chi connectivity index (χ0n) is 10.8. The minimum Gasteiger partial charge on any atom is -0.327 e. The lowest BCUT2D eigenvalue weighted by atomic mass is 10.1. The number of anilines is 1. The van der Waals surface area contributed by atoms with Gasteiger partial charge in [0.2, 0.25) is 0 Å². The van der Waals surface area contributed by atoms with Gasteiger partial charge in [-0.3, -0.25) is 4.79 Å². The molecule has 2 rings (SSSR count). The van der Waals surface area contributed by atoms with Gasteiger partial charge in [-0.05, 0) is 43.9 Å². The number of quaternary nitrogens is 1. The number of carbonyl (C=O) groups excluding carboxylic acids is 1. The molecule has 0 saturated carbocycles. The van der Waals surface area contributed by atoms with Crippen LogP contribution in [0.2, 0.25) is 5.02 Å². The van der Waals surface area contributed by atoms with Crippen molar-refractivity contribution < 1.29 is 9.69 Å². The molecule has 0 unspecified atom stereocenters. The highest BCUT2D eigenvalue weighted by molar-refractivity contribution is 6.31. The van der Waals surface area contributed by atoms with Crippen molar-refractivity contribution in [3.63, 3.8) is 0 Å². The summed E-state index contributed by atoms with van der Waals surface area (Å²) in [5.74, 6) is 0.0808. The van der Waals surface area contributed by atoms with E-state index in [9.17, 15) is 4.79 Å². The van der Waals surface area contributed by atoms with E-state index >= 15 is 0 Å². The first-order chi connectivity index (χ1) is 8.65. The maximum absolute atomic E-state index is 12.0. The molecule has 0 aliphatic carbocycles. The molecular formula is C14H20ClN2O+. The van der Waals surface area contributed by atoms with Crippen molar-refractivity contribution in [2.75, 3.05) is 25.0 Å². The van der Waals surface area contributed by atoms with E-state index in [1.807, 2.05) is 19.1 Å². The van der Waals surface area contributed by atoms with Crippen LogP contribution in [-0.4, -0.2) is 25.5 Å². The molecule has 1 aromatic carbocycles. The molecule has 1 heterocycles. The number of hydrogen-bond donors (Lipinski definition) is 2. The van der Waals surface area contributed by atoms with Crippen molar-refractivity contribution in [2.45, 2.75) is 26.2 Å². The summed E-state index contributed by atoms with van der Waals surface area (Å²) in [5.41, 5.74) is 1.87. The van der Waals surface area contributed by atoms with Crippen LogP contribution in [0.5, 0.6) is 0 Å². The highest BCUT2D eigenvalue weighted by atomic mass is 35.5. The number of halogens is 1. The van der Waals surface area contributed by atoms with Gasteiger partial charge >= 0.3 is 0 Å². The minimum absolute atomic E-state index is 0.0808. The van der Waals surface area contributed by atoms with Gasteiger partial charge in [-0.25, -0.2) is 0 Å². The van der Waals surface area contributed by atoms with E-state index in [0.717, 1.165) is 24.3 Å². The highest BCUT2D eigenvalue weighted by Gasteiger charge is 2.17. The van der Waals surface area contributed by atoms with Gasteiger partial charge in [-0.1, -0.05) is 17.7 Å². The monoisotopic (exact) mass is 267 g/mol. The van der Waals surface area contributed by atoms with Crippen molar-refractivity contribution in [1.82, 2.24) is 0 Å². The molecule has 1 fully saturated rings. The largest absolute Gasteiger partial charge is 0.327 e. The normalized spacial score (nSPS) is 16.6. The fourth-order valence-corrected chi connectivity index (χ4v) is 2.55. The van der Waals surface area contributed by atoms with Crippen LogP contribution in [0.1, 0.15) is 24.8 Å². The van der Waals surface area contributed by atoms with Gasteiger partial charge in [0.05, 0.1) is 13.1 Å². The summed E-state index contributed by atoms with van der Waals surface area (Å²) in [7, 11) is 0. The Bertz CT molecular complexity index is 428. The van der Waals surface area contributed by atoms with E-state index in [-0.39, 0.29) is 5.91 Å². The number of piperidine rings is 1.